The molecule has 6 nitrogen and oxygen atoms in total. The van der Waals surface area contributed by atoms with Crippen molar-refractivity contribution < 1.29 is 0 Å². The first-order chi connectivity index (χ1) is 6.81. The zero-order valence-electron chi connectivity index (χ0n) is 7.83. The van der Waals surface area contributed by atoms with Crippen molar-refractivity contribution in [2.24, 2.45) is 5.73 Å². The van der Waals surface area contributed by atoms with Crippen LogP contribution in [-0.4, -0.2) is 20.4 Å². The van der Waals surface area contributed by atoms with Crippen molar-refractivity contribution in [2.75, 3.05) is 5.32 Å². The monoisotopic (exact) mass is 192 g/mol. The smallest absolute Gasteiger partial charge is 0.0814 e. The molecule has 2 aromatic heterocycles. The Balaban J connectivity index is 2.22. The first kappa shape index (κ1) is 8.76. The number of aryl methyl sites for hydroxylation is 1. The number of anilines is 2. The second kappa shape index (κ2) is 3.51. The van der Waals surface area contributed by atoms with Gasteiger partial charge < -0.3 is 11.1 Å². The molecule has 0 saturated carbocycles. The summed E-state index contributed by atoms with van der Waals surface area (Å²) >= 11 is 0. The largest absolute Gasteiger partial charge is 0.350 e. The Hall–Kier alpha value is -1.82. The van der Waals surface area contributed by atoms with Gasteiger partial charge in [-0.1, -0.05) is 0 Å². The lowest BCUT2D eigenvalue weighted by Gasteiger charge is -2.03. The molecule has 0 saturated heterocycles. The Kier molecular flexibility index (Phi) is 2.19. The van der Waals surface area contributed by atoms with Crippen LogP contribution in [0.4, 0.5) is 11.4 Å². The van der Waals surface area contributed by atoms with Crippen LogP contribution in [0.15, 0.2) is 12.4 Å². The number of aromatic amines is 2. The fourth-order valence-corrected chi connectivity index (χ4v) is 1.20. The molecular weight excluding hydrogens is 180 g/mol. The minimum atomic E-state index is 0.430. The number of nitrogens with zero attached hydrogens (tertiary/aromatic N) is 2. The predicted molar refractivity (Wildman–Crippen MR) is 53.1 cm³/mol. The summed E-state index contributed by atoms with van der Waals surface area (Å²) in [4.78, 5) is 0. The van der Waals surface area contributed by atoms with Crippen molar-refractivity contribution in [3.05, 3.63) is 23.8 Å². The molecule has 2 heterocycles. The summed E-state index contributed by atoms with van der Waals surface area (Å²) in [5, 5.41) is 16.7. The van der Waals surface area contributed by atoms with E-state index in [4.69, 9.17) is 5.73 Å². The van der Waals surface area contributed by atoms with E-state index in [9.17, 15) is 0 Å². The van der Waals surface area contributed by atoms with Crippen LogP contribution in [0.5, 0.6) is 0 Å². The van der Waals surface area contributed by atoms with Gasteiger partial charge in [0.05, 0.1) is 35.2 Å². The highest BCUT2D eigenvalue weighted by molar-refractivity contribution is 5.61. The van der Waals surface area contributed by atoms with Crippen LogP contribution in [0.3, 0.4) is 0 Å². The van der Waals surface area contributed by atoms with Gasteiger partial charge >= 0.3 is 0 Å². The summed E-state index contributed by atoms with van der Waals surface area (Å²) in [6, 6.07) is 0. The van der Waals surface area contributed by atoms with E-state index in [1.165, 1.54) is 0 Å². The van der Waals surface area contributed by atoms with Crippen molar-refractivity contribution in [1.29, 1.82) is 0 Å². The number of rotatable bonds is 3. The Morgan fingerprint density at radius 1 is 1.29 bits per heavy atom. The molecule has 0 unspecified atom stereocenters. The number of hydrogen-bond acceptors (Lipinski definition) is 4. The Bertz CT molecular complexity index is 415. The summed E-state index contributed by atoms with van der Waals surface area (Å²) in [6.45, 7) is 2.37. The fourth-order valence-electron chi connectivity index (χ4n) is 1.20. The average molecular weight is 192 g/mol. The van der Waals surface area contributed by atoms with Crippen molar-refractivity contribution in [3.8, 4) is 0 Å². The maximum atomic E-state index is 5.53. The van der Waals surface area contributed by atoms with Crippen molar-refractivity contribution in [3.63, 3.8) is 0 Å². The van der Waals surface area contributed by atoms with Gasteiger partial charge in [-0.3, -0.25) is 10.2 Å². The van der Waals surface area contributed by atoms with Crippen molar-refractivity contribution in [2.45, 2.75) is 13.5 Å². The van der Waals surface area contributed by atoms with Gasteiger partial charge in [0, 0.05) is 6.54 Å². The minimum absolute atomic E-state index is 0.430. The van der Waals surface area contributed by atoms with E-state index in [1.54, 1.807) is 12.4 Å². The van der Waals surface area contributed by atoms with Gasteiger partial charge in [0.2, 0.25) is 0 Å². The molecule has 74 valence electrons. The highest BCUT2D eigenvalue weighted by Crippen LogP contribution is 2.19. The molecule has 5 N–H and O–H groups in total. The average Bonchev–Trinajstić information content (AvgIpc) is 2.77. The van der Waals surface area contributed by atoms with Crippen LogP contribution in [0.1, 0.15) is 11.4 Å². The number of hydrogen-bond donors (Lipinski definition) is 4. The molecule has 0 bridgehead atoms. The van der Waals surface area contributed by atoms with E-state index in [0.29, 0.717) is 6.54 Å². The van der Waals surface area contributed by atoms with E-state index in [1.807, 2.05) is 6.92 Å². The lowest BCUT2D eigenvalue weighted by molar-refractivity contribution is 0.948. The second-order valence-electron chi connectivity index (χ2n) is 3.00. The third kappa shape index (κ3) is 1.47. The van der Waals surface area contributed by atoms with Crippen LogP contribution in [0.2, 0.25) is 0 Å². The molecule has 6 heteroatoms. The Labute approximate surface area is 80.9 Å². The predicted octanol–water partition coefficient (Wildman–Crippen LogP) is 0.644. The summed E-state index contributed by atoms with van der Waals surface area (Å²) in [5.41, 5.74) is 9.21. The first-order valence-electron chi connectivity index (χ1n) is 4.30. The zero-order chi connectivity index (χ0) is 9.97. The van der Waals surface area contributed by atoms with Crippen LogP contribution in [0.25, 0.3) is 0 Å². The third-order valence-electron chi connectivity index (χ3n) is 2.02. The second-order valence-corrected chi connectivity index (χ2v) is 3.00. The molecule has 0 aliphatic carbocycles. The molecule has 0 aliphatic rings. The zero-order valence-corrected chi connectivity index (χ0v) is 7.83. The Morgan fingerprint density at radius 3 is 2.64 bits per heavy atom. The van der Waals surface area contributed by atoms with Gasteiger partial charge in [-0.15, -0.1) is 0 Å². The van der Waals surface area contributed by atoms with E-state index in [-0.39, 0.29) is 0 Å². The number of nitrogens with one attached hydrogen (secondary N) is 3. The number of aromatic nitrogens is 4. The maximum Gasteiger partial charge on any atom is 0.0814 e. The van der Waals surface area contributed by atoms with E-state index >= 15 is 0 Å². The number of nitrogens with two attached hydrogens (primary N) is 1. The SMILES string of the molecule is Cc1[nH]ncc1Nc1cn[nH]c1CN. The molecular formula is C8H12N6. The molecule has 0 radical (unpaired) electrons. The summed E-state index contributed by atoms with van der Waals surface area (Å²) < 4.78 is 0. The molecule has 2 aromatic rings. The molecule has 0 fully saturated rings. The first-order valence-corrected chi connectivity index (χ1v) is 4.30. The number of H-pyrrole nitrogens is 2. The molecule has 14 heavy (non-hydrogen) atoms. The summed E-state index contributed by atoms with van der Waals surface area (Å²) in [5.74, 6) is 0. The van der Waals surface area contributed by atoms with Gasteiger partial charge in [0.1, 0.15) is 0 Å². The van der Waals surface area contributed by atoms with Crippen LogP contribution < -0.4 is 11.1 Å². The molecule has 0 atom stereocenters. The third-order valence-corrected chi connectivity index (χ3v) is 2.02. The lowest BCUT2D eigenvalue weighted by Crippen LogP contribution is -2.00. The van der Waals surface area contributed by atoms with Gasteiger partial charge in [-0.2, -0.15) is 10.2 Å². The van der Waals surface area contributed by atoms with Gasteiger partial charge in [0.15, 0.2) is 0 Å². The summed E-state index contributed by atoms with van der Waals surface area (Å²) in [6.07, 6.45) is 3.43. The molecule has 0 aliphatic heterocycles. The topological polar surface area (TPSA) is 95.4 Å². The normalized spacial score (nSPS) is 10.4. The van der Waals surface area contributed by atoms with Gasteiger partial charge in [-0.05, 0) is 6.92 Å². The van der Waals surface area contributed by atoms with Gasteiger partial charge in [0.25, 0.3) is 0 Å². The van der Waals surface area contributed by atoms with Gasteiger partial charge in [-0.25, -0.2) is 0 Å². The fraction of sp³-hybridized carbons (Fsp3) is 0.250. The standard InChI is InChI=1S/C8H12N6/c1-5-7(3-10-13-5)12-8-4-11-14-6(8)2-9/h3-4,12H,2,9H2,1H3,(H,10,13)(H,11,14). The van der Waals surface area contributed by atoms with Crippen molar-refractivity contribution >= 4 is 11.4 Å². The van der Waals surface area contributed by atoms with Crippen molar-refractivity contribution in [1.82, 2.24) is 20.4 Å². The minimum Gasteiger partial charge on any atom is -0.350 e. The maximum absolute atomic E-state index is 5.53. The van der Waals surface area contributed by atoms with Crippen LogP contribution in [0, 0.1) is 6.92 Å². The molecule has 2 rings (SSSR count). The summed E-state index contributed by atoms with van der Waals surface area (Å²) in [7, 11) is 0. The van der Waals surface area contributed by atoms with E-state index < -0.39 is 0 Å². The Morgan fingerprint density at radius 2 is 2.00 bits per heavy atom. The van der Waals surface area contributed by atoms with Crippen LogP contribution in [-0.2, 0) is 6.54 Å². The van der Waals surface area contributed by atoms with E-state index in [0.717, 1.165) is 22.8 Å². The molecule has 0 aromatic carbocycles. The quantitative estimate of drug-likeness (QED) is 0.574. The molecule has 0 amide bonds. The highest BCUT2D eigenvalue weighted by Gasteiger charge is 2.05. The lowest BCUT2D eigenvalue weighted by atomic mass is 10.3. The van der Waals surface area contributed by atoms with Crippen LogP contribution >= 0.6 is 0 Å². The molecule has 0 spiro atoms. The van der Waals surface area contributed by atoms with E-state index in [2.05, 4.69) is 25.7 Å². The highest BCUT2D eigenvalue weighted by atomic mass is 15.2.